The van der Waals surface area contributed by atoms with Gasteiger partial charge in [-0.15, -0.1) is 0 Å². The summed E-state index contributed by atoms with van der Waals surface area (Å²) in [5.74, 6) is -0.986. The molecule has 0 fully saturated rings. The summed E-state index contributed by atoms with van der Waals surface area (Å²) < 4.78 is 0. The lowest BCUT2D eigenvalue weighted by atomic mass is 10.0. The molecule has 0 unspecified atom stereocenters. The highest BCUT2D eigenvalue weighted by Gasteiger charge is 2.37. The first-order valence-corrected chi connectivity index (χ1v) is 6.55. The van der Waals surface area contributed by atoms with Gasteiger partial charge in [0.25, 0.3) is 0 Å². The molecule has 0 radical (unpaired) electrons. The molecule has 0 atom stereocenters. The number of carbonyl (C=O) groups is 2. The van der Waals surface area contributed by atoms with Crippen molar-refractivity contribution < 1.29 is 14.7 Å². The SMILES string of the molecule is CCCCCN(C)C(=O)N(CC)C(C)(C)C(=O)O. The van der Waals surface area contributed by atoms with Crippen LogP contribution in [0.25, 0.3) is 0 Å². The second-order valence-corrected chi connectivity index (χ2v) is 5.02. The maximum atomic E-state index is 12.2. The number of carbonyl (C=O) groups excluding carboxylic acids is 1. The van der Waals surface area contributed by atoms with Crippen molar-refractivity contribution in [2.24, 2.45) is 0 Å². The largest absolute Gasteiger partial charge is 0.480 e. The van der Waals surface area contributed by atoms with Gasteiger partial charge >= 0.3 is 12.0 Å². The number of hydrogen-bond donors (Lipinski definition) is 1. The number of hydrogen-bond acceptors (Lipinski definition) is 2. The summed E-state index contributed by atoms with van der Waals surface area (Å²) in [4.78, 5) is 26.4. The molecule has 0 aromatic carbocycles. The van der Waals surface area contributed by atoms with Crippen LogP contribution >= 0.6 is 0 Å². The Hall–Kier alpha value is -1.26. The lowest BCUT2D eigenvalue weighted by Crippen LogP contribution is -2.56. The van der Waals surface area contributed by atoms with Crippen LogP contribution < -0.4 is 0 Å². The fourth-order valence-corrected chi connectivity index (χ4v) is 1.79. The molecular weight excluding hydrogens is 232 g/mol. The predicted octanol–water partition coefficient (Wildman–Crippen LogP) is 2.41. The van der Waals surface area contributed by atoms with Crippen molar-refractivity contribution in [1.82, 2.24) is 9.80 Å². The van der Waals surface area contributed by atoms with E-state index in [-0.39, 0.29) is 6.03 Å². The Bertz CT molecular complexity index is 290. The van der Waals surface area contributed by atoms with Crippen LogP contribution in [0, 0.1) is 0 Å². The zero-order chi connectivity index (χ0) is 14.3. The van der Waals surface area contributed by atoms with Crippen molar-refractivity contribution in [1.29, 1.82) is 0 Å². The molecule has 0 bridgehead atoms. The summed E-state index contributed by atoms with van der Waals surface area (Å²) in [6, 6.07) is -0.221. The zero-order valence-corrected chi connectivity index (χ0v) is 12.2. The van der Waals surface area contributed by atoms with E-state index in [1.807, 2.05) is 0 Å². The van der Waals surface area contributed by atoms with Crippen LogP contribution in [-0.4, -0.2) is 52.6 Å². The van der Waals surface area contributed by atoms with E-state index in [1.54, 1.807) is 32.7 Å². The van der Waals surface area contributed by atoms with Crippen molar-refractivity contribution in [3.63, 3.8) is 0 Å². The van der Waals surface area contributed by atoms with E-state index in [0.29, 0.717) is 13.1 Å². The van der Waals surface area contributed by atoms with Gasteiger partial charge in [0.05, 0.1) is 0 Å². The van der Waals surface area contributed by atoms with Gasteiger partial charge in [-0.2, -0.15) is 0 Å². The van der Waals surface area contributed by atoms with Crippen LogP contribution in [0.2, 0.25) is 0 Å². The first-order chi connectivity index (χ1) is 8.28. The Morgan fingerprint density at radius 2 is 1.72 bits per heavy atom. The maximum Gasteiger partial charge on any atom is 0.329 e. The highest BCUT2D eigenvalue weighted by Crippen LogP contribution is 2.16. The first-order valence-electron chi connectivity index (χ1n) is 6.55. The number of amides is 2. The highest BCUT2D eigenvalue weighted by molar-refractivity contribution is 5.85. The monoisotopic (exact) mass is 258 g/mol. The summed E-state index contributed by atoms with van der Waals surface area (Å²) in [6.45, 7) is 8.05. The van der Waals surface area contributed by atoms with Gasteiger partial charge in [0.15, 0.2) is 0 Å². The van der Waals surface area contributed by atoms with Crippen molar-refractivity contribution in [3.8, 4) is 0 Å². The maximum absolute atomic E-state index is 12.2. The molecule has 0 aliphatic heterocycles. The minimum Gasteiger partial charge on any atom is -0.480 e. The number of carboxylic acid groups (broad SMARTS) is 1. The number of unbranched alkanes of at least 4 members (excludes halogenated alkanes) is 2. The zero-order valence-electron chi connectivity index (χ0n) is 12.2. The smallest absolute Gasteiger partial charge is 0.329 e. The molecule has 0 aromatic rings. The number of likely N-dealkylation sites (N-methyl/N-ethyl adjacent to an activating group) is 1. The number of urea groups is 1. The van der Waals surface area contributed by atoms with E-state index in [4.69, 9.17) is 0 Å². The number of carboxylic acids is 1. The molecule has 0 rings (SSSR count). The Morgan fingerprint density at radius 3 is 2.11 bits per heavy atom. The van der Waals surface area contributed by atoms with Crippen LogP contribution in [0.4, 0.5) is 4.79 Å². The quantitative estimate of drug-likeness (QED) is 0.713. The molecule has 106 valence electrons. The Balaban J connectivity index is 4.66. The third-order valence-electron chi connectivity index (χ3n) is 3.17. The lowest BCUT2D eigenvalue weighted by molar-refractivity contribution is -0.147. The Kier molecular flexibility index (Phi) is 6.73. The molecule has 0 saturated carbocycles. The van der Waals surface area contributed by atoms with E-state index in [2.05, 4.69) is 6.92 Å². The lowest BCUT2D eigenvalue weighted by Gasteiger charge is -2.37. The molecule has 5 nitrogen and oxygen atoms in total. The second kappa shape index (κ2) is 7.24. The predicted molar refractivity (Wildman–Crippen MR) is 71.6 cm³/mol. The molecule has 18 heavy (non-hydrogen) atoms. The molecule has 0 saturated heterocycles. The first kappa shape index (κ1) is 16.7. The van der Waals surface area contributed by atoms with Crippen LogP contribution in [0.1, 0.15) is 47.0 Å². The molecule has 5 heteroatoms. The normalized spacial score (nSPS) is 11.2. The summed E-state index contributed by atoms with van der Waals surface area (Å²) in [5, 5.41) is 9.18. The van der Waals surface area contributed by atoms with E-state index in [0.717, 1.165) is 19.3 Å². The summed E-state index contributed by atoms with van der Waals surface area (Å²) in [7, 11) is 1.72. The van der Waals surface area contributed by atoms with Gasteiger partial charge < -0.3 is 14.9 Å². The van der Waals surface area contributed by atoms with Crippen molar-refractivity contribution in [2.45, 2.75) is 52.5 Å². The molecule has 0 spiro atoms. The molecule has 0 aliphatic rings. The highest BCUT2D eigenvalue weighted by atomic mass is 16.4. The number of rotatable bonds is 7. The average Bonchev–Trinajstić information content (AvgIpc) is 2.29. The van der Waals surface area contributed by atoms with Crippen molar-refractivity contribution in [2.75, 3.05) is 20.1 Å². The minimum atomic E-state index is -1.18. The number of aliphatic carboxylic acids is 1. The summed E-state index contributed by atoms with van der Waals surface area (Å²) >= 11 is 0. The van der Waals surface area contributed by atoms with E-state index >= 15 is 0 Å². The van der Waals surface area contributed by atoms with Crippen LogP contribution in [-0.2, 0) is 4.79 Å². The molecule has 0 heterocycles. The average molecular weight is 258 g/mol. The standard InChI is InChI=1S/C13H26N2O3/c1-6-8-9-10-14(5)12(18)15(7-2)13(3,4)11(16)17/h6-10H2,1-5H3,(H,16,17). The van der Waals surface area contributed by atoms with Crippen LogP contribution in [0.3, 0.4) is 0 Å². The van der Waals surface area contributed by atoms with Gasteiger partial charge in [0.1, 0.15) is 5.54 Å². The van der Waals surface area contributed by atoms with Gasteiger partial charge in [-0.25, -0.2) is 9.59 Å². The third-order valence-corrected chi connectivity index (χ3v) is 3.17. The fourth-order valence-electron chi connectivity index (χ4n) is 1.79. The fraction of sp³-hybridized carbons (Fsp3) is 0.846. The number of nitrogens with zero attached hydrogens (tertiary/aromatic N) is 2. The van der Waals surface area contributed by atoms with Crippen LogP contribution in [0.5, 0.6) is 0 Å². The third kappa shape index (κ3) is 4.20. The van der Waals surface area contributed by atoms with E-state index in [1.165, 1.54) is 4.90 Å². The molecular formula is C13H26N2O3. The summed E-state index contributed by atoms with van der Waals surface area (Å²) in [5.41, 5.74) is -1.18. The van der Waals surface area contributed by atoms with E-state index in [9.17, 15) is 14.7 Å². The minimum absolute atomic E-state index is 0.221. The van der Waals surface area contributed by atoms with Crippen molar-refractivity contribution in [3.05, 3.63) is 0 Å². The Morgan fingerprint density at radius 1 is 1.17 bits per heavy atom. The van der Waals surface area contributed by atoms with Gasteiger partial charge in [0.2, 0.25) is 0 Å². The van der Waals surface area contributed by atoms with Gasteiger partial charge in [-0.3, -0.25) is 0 Å². The topological polar surface area (TPSA) is 60.9 Å². The summed E-state index contributed by atoms with van der Waals surface area (Å²) in [6.07, 6.45) is 3.12. The Labute approximate surface area is 110 Å². The van der Waals surface area contributed by atoms with E-state index < -0.39 is 11.5 Å². The van der Waals surface area contributed by atoms with Crippen LogP contribution in [0.15, 0.2) is 0 Å². The van der Waals surface area contributed by atoms with Gasteiger partial charge in [-0.05, 0) is 27.2 Å². The molecule has 1 N–H and O–H groups in total. The molecule has 2 amide bonds. The second-order valence-electron chi connectivity index (χ2n) is 5.02. The molecule has 0 aliphatic carbocycles. The van der Waals surface area contributed by atoms with Gasteiger partial charge in [-0.1, -0.05) is 19.8 Å². The van der Waals surface area contributed by atoms with Crippen molar-refractivity contribution >= 4 is 12.0 Å². The van der Waals surface area contributed by atoms with Gasteiger partial charge in [0, 0.05) is 20.1 Å². The molecule has 0 aromatic heterocycles.